The Morgan fingerprint density at radius 3 is 0.554 bits per heavy atom. The number of anilines is 3. The van der Waals surface area contributed by atoms with Gasteiger partial charge in [-0.3, -0.25) is 0 Å². The van der Waals surface area contributed by atoms with Gasteiger partial charge >= 0.3 is 16.5 Å². The Morgan fingerprint density at radius 2 is 0.367 bits per heavy atom. The van der Waals surface area contributed by atoms with E-state index in [2.05, 4.69) is 192 Å². The second kappa shape index (κ2) is 50.9. The van der Waals surface area contributed by atoms with Crippen LogP contribution in [0.5, 0.6) is 0 Å². The molecule has 0 fully saturated rings. The lowest BCUT2D eigenvalue weighted by Gasteiger charge is -2.33. The highest BCUT2D eigenvalue weighted by Gasteiger charge is 2.53. The average molecular weight is 1970 g/mol. The number of hydrogen-bond acceptors (Lipinski definition) is 7. The second-order valence-corrected chi connectivity index (χ2v) is 45.8. The Bertz CT molecular complexity index is 5280. The molecule has 7 nitrogen and oxygen atoms in total. The molecule has 0 heterocycles. The number of rotatable bonds is 60. The number of fused-ring (bicyclic) bond motifs is 9. The fraction of sp³-hybridized carbons (Fsp3) is 0.500. The molecule has 12 rings (SSSR count). The van der Waals surface area contributed by atoms with E-state index in [9.17, 15) is 64.8 Å². The fourth-order valence-electron chi connectivity index (χ4n) is 22.2. The summed E-state index contributed by atoms with van der Waals surface area (Å²) in [6, 6.07) is 55.8. The van der Waals surface area contributed by atoms with Gasteiger partial charge in [0.1, 0.15) is 0 Å². The van der Waals surface area contributed by atoms with Gasteiger partial charge in [0, 0.05) is 33.3 Å². The zero-order chi connectivity index (χ0) is 99.3. The first-order chi connectivity index (χ1) is 66.9. The molecule has 0 amide bonds. The fourth-order valence-corrected chi connectivity index (χ4v) is 24.6. The van der Waals surface area contributed by atoms with Crippen molar-refractivity contribution in [2.75, 3.05) is 4.90 Å². The van der Waals surface area contributed by atoms with Crippen LogP contribution in [0.1, 0.15) is 417 Å². The number of sulfone groups is 3. The van der Waals surface area contributed by atoms with E-state index in [0.29, 0.717) is 55.2 Å². The quantitative estimate of drug-likeness (QED) is 0.0212. The standard InChI is InChI=1S/C120H150F9NO6S3/c1-7-13-19-25-31-37-43-79-115(80-44-38-32-26-20-14-8-2)109-85-94(61-73-103(109)106-76-70-100(88-112(106)115)137(131,132)118(121,122)123)52-49-91-55-64-97(65-56-91)130(98-66-57-92(58-67-98)50-53-95-62-74-104-107-77-71-101(138(133,134)119(124,125)126)89-113(107)116(110(104)86-95,81-45-39-33-27-21-15-9-3)82-46-40-34-28-22-16-10-4)99-68-59-93(60-69-99)51-54-96-63-75-105-108-78-72-102(139(135,136)120(127,128)129)90-114(108)117(111(105)87-96,83-47-41-35-29-23-17-11-5)84-48-42-36-30-24-18-12-6/h49-78,85-90H,7-48,79-84H2,1-6H3/b52-49+,53-50+,54-51+. The van der Waals surface area contributed by atoms with Crippen molar-refractivity contribution in [2.45, 2.75) is 397 Å². The van der Waals surface area contributed by atoms with Gasteiger partial charge in [-0.2, -0.15) is 39.5 Å². The van der Waals surface area contributed by atoms with Crippen LogP contribution < -0.4 is 4.90 Å². The van der Waals surface area contributed by atoms with Gasteiger partial charge in [0.25, 0.3) is 29.5 Å². The van der Waals surface area contributed by atoms with E-state index >= 15 is 0 Å². The summed E-state index contributed by atoms with van der Waals surface area (Å²) >= 11 is 0. The van der Waals surface area contributed by atoms with Crippen LogP contribution in [0.25, 0.3) is 69.8 Å². The molecule has 0 N–H and O–H groups in total. The first-order valence-corrected chi connectivity index (χ1v) is 57.3. The first-order valence-electron chi connectivity index (χ1n) is 52.8. The van der Waals surface area contributed by atoms with Crippen LogP contribution in [-0.2, 0) is 45.8 Å². The molecular formula is C120H150F9NO6S3. The highest BCUT2D eigenvalue weighted by molar-refractivity contribution is 7.93. The van der Waals surface area contributed by atoms with E-state index < -0.39 is 77.0 Å². The normalized spacial score (nSPS) is 14.4. The number of hydrogen-bond donors (Lipinski definition) is 0. The molecule has 3 aliphatic carbocycles. The lowest BCUT2D eigenvalue weighted by atomic mass is 9.70. The summed E-state index contributed by atoms with van der Waals surface area (Å²) in [4.78, 5) is -0.00602. The monoisotopic (exact) mass is 1970 g/mol. The molecule has 0 unspecified atom stereocenters. The molecule has 139 heavy (non-hydrogen) atoms. The van der Waals surface area contributed by atoms with Gasteiger partial charge in [0.05, 0.1) is 14.7 Å². The molecule has 3 aliphatic rings. The number of nitrogens with zero attached hydrogens (tertiary/aromatic N) is 1. The van der Waals surface area contributed by atoms with E-state index in [0.717, 1.165) is 388 Å². The van der Waals surface area contributed by atoms with E-state index in [1.807, 2.05) is 18.2 Å². The summed E-state index contributed by atoms with van der Waals surface area (Å²) in [5, 5.41) is 0. The molecule has 0 atom stereocenters. The van der Waals surface area contributed by atoms with Crippen LogP contribution in [-0.4, -0.2) is 41.8 Å². The van der Waals surface area contributed by atoms with Crippen LogP contribution in [0, 0.1) is 0 Å². The second-order valence-electron chi connectivity index (χ2n) is 40.0. The largest absolute Gasteiger partial charge is 0.501 e. The van der Waals surface area contributed by atoms with Crippen LogP contribution >= 0.6 is 0 Å². The summed E-state index contributed by atoms with van der Waals surface area (Å²) in [5.74, 6) is 0. The third kappa shape index (κ3) is 26.8. The van der Waals surface area contributed by atoms with Crippen LogP contribution in [0.3, 0.4) is 0 Å². The van der Waals surface area contributed by atoms with E-state index in [4.69, 9.17) is 0 Å². The summed E-state index contributed by atoms with van der Waals surface area (Å²) < 4.78 is 211. The Labute approximate surface area is 826 Å². The van der Waals surface area contributed by atoms with E-state index in [1.165, 1.54) is 18.2 Å². The molecule has 0 spiro atoms. The zero-order valence-corrected chi connectivity index (χ0v) is 85.7. The summed E-state index contributed by atoms with van der Waals surface area (Å²) in [5.41, 5.74) is -0.617. The number of benzene rings is 9. The number of halogens is 9. The highest BCUT2D eigenvalue weighted by Crippen LogP contribution is 2.60. The molecule has 0 aliphatic heterocycles. The Kier molecular flexibility index (Phi) is 40.0. The highest BCUT2D eigenvalue weighted by atomic mass is 32.2. The first kappa shape index (κ1) is 109. The summed E-state index contributed by atoms with van der Waals surface area (Å²) in [6.45, 7) is 13.1. The van der Waals surface area contributed by atoms with Gasteiger partial charge in [0.15, 0.2) is 0 Å². The van der Waals surface area contributed by atoms with Gasteiger partial charge in [0.2, 0.25) is 0 Å². The van der Waals surface area contributed by atoms with Gasteiger partial charge in [-0.15, -0.1) is 0 Å². The SMILES string of the molecule is CCCCCCCCCC1(CCCCCCCCC)c2cc(/C=C/c3ccc(N(c4ccc(/C=C/c5ccc6c(c5)C(CCCCCCCCC)(CCCCCCCCC)c5cc(S(=O)(=O)C(F)(F)F)ccc5-6)cc4)c4ccc(/C=C/c5ccc6c(c5)C(CCCCCCCCC)(CCCCCCCCC)c5cc(S(=O)(=O)C(F)(F)F)ccc5-6)cc4)cc3)ccc2-c2ccc(S(=O)(=O)C(F)(F)F)cc21. The zero-order valence-electron chi connectivity index (χ0n) is 83.2. The van der Waals surface area contributed by atoms with Crippen molar-refractivity contribution in [3.63, 3.8) is 0 Å². The summed E-state index contributed by atoms with van der Waals surface area (Å²) in [6.07, 6.45) is 60.4. The maximum atomic E-state index is 14.5. The minimum absolute atomic E-state index is 0.653. The molecule has 752 valence electrons. The smallest absolute Gasteiger partial charge is 0.311 e. The van der Waals surface area contributed by atoms with Crippen LogP contribution in [0.2, 0.25) is 0 Å². The molecule has 0 radical (unpaired) electrons. The van der Waals surface area contributed by atoms with Crippen molar-refractivity contribution in [1.29, 1.82) is 0 Å². The Hall–Kier alpha value is -8.78. The predicted molar refractivity (Wildman–Crippen MR) is 561 cm³/mol. The van der Waals surface area contributed by atoms with Crippen LogP contribution in [0.4, 0.5) is 56.6 Å². The van der Waals surface area contributed by atoms with Crippen molar-refractivity contribution < 1.29 is 64.8 Å². The molecule has 0 aromatic heterocycles. The molecule has 19 heteroatoms. The molecule has 0 bridgehead atoms. The number of alkyl halides is 9. The average Bonchev–Trinajstić information content (AvgIpc) is 1.56. The van der Waals surface area contributed by atoms with Gasteiger partial charge in [-0.05, 0) is 211 Å². The molecular weight excluding hydrogens is 1820 g/mol. The maximum Gasteiger partial charge on any atom is 0.501 e. The third-order valence-corrected chi connectivity index (χ3v) is 34.5. The number of unbranched alkanes of at least 4 members (excludes halogenated alkanes) is 36. The molecule has 0 saturated carbocycles. The maximum absolute atomic E-state index is 14.5. The molecule has 9 aromatic carbocycles. The van der Waals surface area contributed by atoms with Gasteiger partial charge in [-0.25, -0.2) is 25.3 Å². The topological polar surface area (TPSA) is 106 Å². The lowest BCUT2D eigenvalue weighted by molar-refractivity contribution is -0.0442. The Balaban J connectivity index is 0.898. The van der Waals surface area contributed by atoms with Crippen molar-refractivity contribution in [2.24, 2.45) is 0 Å². The minimum atomic E-state index is -5.66. The Morgan fingerprint density at radius 1 is 0.209 bits per heavy atom. The molecule has 9 aromatic rings. The van der Waals surface area contributed by atoms with E-state index in [1.54, 1.807) is 18.2 Å². The van der Waals surface area contributed by atoms with Crippen molar-refractivity contribution >= 4 is 83.0 Å². The molecule has 0 saturated heterocycles. The van der Waals surface area contributed by atoms with Gasteiger partial charge < -0.3 is 4.90 Å². The van der Waals surface area contributed by atoms with Crippen molar-refractivity contribution in [3.8, 4) is 33.4 Å². The van der Waals surface area contributed by atoms with E-state index in [-0.39, 0.29) is 0 Å². The van der Waals surface area contributed by atoms with Crippen LogP contribution in [0.15, 0.2) is 197 Å². The lowest BCUT2D eigenvalue weighted by Crippen LogP contribution is -2.27. The summed E-state index contributed by atoms with van der Waals surface area (Å²) in [7, 11) is -17.0. The third-order valence-electron chi connectivity index (χ3n) is 30.0. The minimum Gasteiger partial charge on any atom is -0.311 e. The predicted octanol–water partition coefficient (Wildman–Crippen LogP) is 38.2. The van der Waals surface area contributed by atoms with Crippen molar-refractivity contribution in [1.82, 2.24) is 0 Å². The van der Waals surface area contributed by atoms with Crippen molar-refractivity contribution in [3.05, 3.63) is 249 Å². The van der Waals surface area contributed by atoms with Gasteiger partial charge in [-0.1, -0.05) is 457 Å².